The molecule has 68 valence electrons. The van der Waals surface area contributed by atoms with E-state index in [0.29, 0.717) is 0 Å². The Hall–Kier alpha value is -1.12. The zero-order chi connectivity index (χ0) is 9.94. The minimum absolute atomic E-state index is 0.134. The molecule has 0 heterocycles. The molecule has 0 fully saturated rings. The summed E-state index contributed by atoms with van der Waals surface area (Å²) in [7, 11) is 0. The smallest absolute Gasteiger partial charge is 0.328 e. The van der Waals surface area contributed by atoms with Gasteiger partial charge in [0.15, 0.2) is 5.78 Å². The fourth-order valence-corrected chi connectivity index (χ4v) is 0.842. The Bertz CT molecular complexity index is 231. The maximum atomic E-state index is 11.4. The Morgan fingerprint density at radius 3 is 1.92 bits per heavy atom. The lowest BCUT2D eigenvalue weighted by atomic mass is 9.87. The second-order valence-electron chi connectivity index (χ2n) is 3.74. The lowest BCUT2D eigenvalue weighted by Crippen LogP contribution is -2.21. The van der Waals surface area contributed by atoms with Crippen molar-refractivity contribution >= 4 is 11.8 Å². The van der Waals surface area contributed by atoms with E-state index in [1.807, 2.05) is 0 Å². The van der Waals surface area contributed by atoms with Gasteiger partial charge < -0.3 is 5.11 Å². The minimum Gasteiger partial charge on any atom is -0.478 e. The molecule has 3 heteroatoms. The van der Waals surface area contributed by atoms with Crippen LogP contribution < -0.4 is 0 Å². The van der Waals surface area contributed by atoms with Crippen molar-refractivity contribution in [3.63, 3.8) is 0 Å². The first kappa shape index (κ1) is 10.9. The van der Waals surface area contributed by atoms with E-state index in [0.717, 1.165) is 6.08 Å². The number of carboxylic acid groups (broad SMARTS) is 1. The summed E-state index contributed by atoms with van der Waals surface area (Å²) in [5.41, 5.74) is -0.217. The van der Waals surface area contributed by atoms with E-state index in [1.165, 1.54) is 6.92 Å². The molecule has 1 N–H and O–H groups in total. The van der Waals surface area contributed by atoms with Crippen LogP contribution in [0.1, 0.15) is 27.7 Å². The number of aliphatic carboxylic acids is 1. The third-order valence-corrected chi connectivity index (χ3v) is 1.38. The van der Waals surface area contributed by atoms with Gasteiger partial charge in [-0.1, -0.05) is 20.8 Å². The fourth-order valence-electron chi connectivity index (χ4n) is 0.842. The largest absolute Gasteiger partial charge is 0.478 e. The Labute approximate surface area is 72.1 Å². The Morgan fingerprint density at radius 2 is 1.67 bits per heavy atom. The normalized spacial score (nSPS) is 12.8. The molecule has 0 aliphatic heterocycles. The zero-order valence-electron chi connectivity index (χ0n) is 7.84. The summed E-state index contributed by atoms with van der Waals surface area (Å²) in [5, 5.41) is 8.37. The number of ketones is 1. The molecule has 0 aromatic carbocycles. The number of carbonyl (C=O) groups excluding carboxylic acids is 1. The van der Waals surface area contributed by atoms with Crippen LogP contribution in [0.15, 0.2) is 11.6 Å². The standard InChI is InChI=1S/C9H14O3/c1-6(5-7(10)11)8(12)9(2,3)4/h5H,1-4H3,(H,10,11). The van der Waals surface area contributed by atoms with Crippen LogP contribution in [0.2, 0.25) is 0 Å². The summed E-state index contributed by atoms with van der Waals surface area (Å²) in [6.07, 6.45) is 0.938. The third kappa shape index (κ3) is 3.32. The molecule has 0 saturated carbocycles. The van der Waals surface area contributed by atoms with Crippen molar-refractivity contribution < 1.29 is 14.7 Å². The highest BCUT2D eigenvalue weighted by Gasteiger charge is 2.22. The van der Waals surface area contributed by atoms with Gasteiger partial charge >= 0.3 is 5.97 Å². The van der Waals surface area contributed by atoms with Gasteiger partial charge in [0.2, 0.25) is 0 Å². The number of allylic oxidation sites excluding steroid dienone is 1. The molecule has 0 aliphatic carbocycles. The van der Waals surface area contributed by atoms with Gasteiger partial charge in [0.05, 0.1) is 0 Å². The summed E-state index contributed by atoms with van der Waals surface area (Å²) >= 11 is 0. The van der Waals surface area contributed by atoms with E-state index in [2.05, 4.69) is 0 Å². The first-order valence-electron chi connectivity index (χ1n) is 3.71. The molecule has 0 aromatic rings. The lowest BCUT2D eigenvalue weighted by Gasteiger charge is -2.16. The van der Waals surface area contributed by atoms with Gasteiger partial charge in [-0.25, -0.2) is 4.79 Å². The van der Waals surface area contributed by atoms with Crippen LogP contribution in [0.5, 0.6) is 0 Å². The highest BCUT2D eigenvalue weighted by molar-refractivity contribution is 6.02. The van der Waals surface area contributed by atoms with Gasteiger partial charge in [-0.2, -0.15) is 0 Å². The first-order valence-corrected chi connectivity index (χ1v) is 3.71. The molecule has 0 unspecified atom stereocenters. The van der Waals surface area contributed by atoms with E-state index in [9.17, 15) is 9.59 Å². The quantitative estimate of drug-likeness (QED) is 0.641. The molecule has 3 nitrogen and oxygen atoms in total. The predicted octanol–water partition coefficient (Wildman–Crippen LogP) is 1.63. The SMILES string of the molecule is CC(=CC(=O)O)C(=O)C(C)(C)C. The molecule has 0 aromatic heterocycles. The number of hydrogen-bond donors (Lipinski definition) is 1. The molecule has 0 radical (unpaired) electrons. The monoisotopic (exact) mass is 170 g/mol. The average molecular weight is 170 g/mol. The second kappa shape index (κ2) is 3.52. The number of Topliss-reactive ketones (excluding diaryl/α,β-unsaturated/α-hetero) is 1. The lowest BCUT2D eigenvalue weighted by molar-refractivity contribution is -0.132. The van der Waals surface area contributed by atoms with Gasteiger partial charge in [0, 0.05) is 11.5 Å². The van der Waals surface area contributed by atoms with E-state index < -0.39 is 11.4 Å². The van der Waals surface area contributed by atoms with Gasteiger partial charge in [0.25, 0.3) is 0 Å². The van der Waals surface area contributed by atoms with E-state index in [4.69, 9.17) is 5.11 Å². The molecule has 0 atom stereocenters. The van der Waals surface area contributed by atoms with Crippen molar-refractivity contribution in [2.75, 3.05) is 0 Å². The predicted molar refractivity (Wildman–Crippen MR) is 45.9 cm³/mol. The van der Waals surface area contributed by atoms with Crippen LogP contribution in [-0.4, -0.2) is 16.9 Å². The molecule has 0 rings (SSSR count). The van der Waals surface area contributed by atoms with Gasteiger partial charge in [-0.05, 0) is 12.5 Å². The highest BCUT2D eigenvalue weighted by Crippen LogP contribution is 2.19. The van der Waals surface area contributed by atoms with Crippen molar-refractivity contribution in [3.05, 3.63) is 11.6 Å². The van der Waals surface area contributed by atoms with Crippen molar-refractivity contribution in [1.82, 2.24) is 0 Å². The number of carbonyl (C=O) groups is 2. The van der Waals surface area contributed by atoms with Crippen molar-refractivity contribution in [2.45, 2.75) is 27.7 Å². The second-order valence-corrected chi connectivity index (χ2v) is 3.74. The maximum absolute atomic E-state index is 11.4. The summed E-state index contributed by atoms with van der Waals surface area (Å²) in [6.45, 7) is 6.79. The molecule has 0 saturated heterocycles. The number of rotatable bonds is 2. The van der Waals surface area contributed by atoms with Gasteiger partial charge in [-0.3, -0.25) is 4.79 Å². The molecule has 12 heavy (non-hydrogen) atoms. The topological polar surface area (TPSA) is 54.4 Å². The van der Waals surface area contributed by atoms with Gasteiger partial charge in [0.1, 0.15) is 0 Å². The van der Waals surface area contributed by atoms with E-state index in [-0.39, 0.29) is 11.4 Å². The van der Waals surface area contributed by atoms with E-state index >= 15 is 0 Å². The average Bonchev–Trinajstić information content (AvgIpc) is 1.82. The van der Waals surface area contributed by atoms with Crippen LogP contribution in [0, 0.1) is 5.41 Å². The number of carboxylic acids is 1. The van der Waals surface area contributed by atoms with E-state index in [1.54, 1.807) is 20.8 Å². The molecule has 0 spiro atoms. The summed E-state index contributed by atoms with van der Waals surface area (Å²) in [4.78, 5) is 21.6. The molecule has 0 bridgehead atoms. The third-order valence-electron chi connectivity index (χ3n) is 1.38. The van der Waals surface area contributed by atoms with Crippen LogP contribution >= 0.6 is 0 Å². The Balaban J connectivity index is 4.63. The Kier molecular flexibility index (Phi) is 3.19. The Morgan fingerprint density at radius 1 is 1.25 bits per heavy atom. The molecule has 0 aliphatic rings. The first-order chi connectivity index (χ1) is 5.25. The summed E-state index contributed by atoms with van der Waals surface area (Å²) < 4.78 is 0. The molecule has 0 amide bonds. The van der Waals surface area contributed by atoms with Crippen molar-refractivity contribution in [2.24, 2.45) is 5.41 Å². The van der Waals surface area contributed by atoms with Crippen LogP contribution in [0.3, 0.4) is 0 Å². The van der Waals surface area contributed by atoms with Crippen molar-refractivity contribution in [1.29, 1.82) is 0 Å². The van der Waals surface area contributed by atoms with Crippen LogP contribution in [-0.2, 0) is 9.59 Å². The van der Waals surface area contributed by atoms with Crippen LogP contribution in [0.25, 0.3) is 0 Å². The van der Waals surface area contributed by atoms with Crippen LogP contribution in [0.4, 0.5) is 0 Å². The number of hydrogen-bond acceptors (Lipinski definition) is 2. The summed E-state index contributed by atoms with van der Waals surface area (Å²) in [6, 6.07) is 0. The maximum Gasteiger partial charge on any atom is 0.328 e. The molecular weight excluding hydrogens is 156 g/mol. The van der Waals surface area contributed by atoms with Gasteiger partial charge in [-0.15, -0.1) is 0 Å². The van der Waals surface area contributed by atoms with Crippen molar-refractivity contribution in [3.8, 4) is 0 Å². The highest BCUT2D eigenvalue weighted by atomic mass is 16.4. The zero-order valence-corrected chi connectivity index (χ0v) is 7.84. The molecular formula is C9H14O3. The minimum atomic E-state index is -1.08. The fraction of sp³-hybridized carbons (Fsp3) is 0.556. The summed E-state index contributed by atoms with van der Waals surface area (Å²) in [5.74, 6) is -1.21.